The summed E-state index contributed by atoms with van der Waals surface area (Å²) in [5.74, 6) is 0.238. The van der Waals surface area contributed by atoms with Crippen LogP contribution in [0.4, 0.5) is 11.4 Å². The van der Waals surface area contributed by atoms with Gasteiger partial charge in [0, 0.05) is 23.9 Å². The van der Waals surface area contributed by atoms with E-state index in [9.17, 15) is 9.59 Å². The standard InChI is InChI=1S/C20H20N4O3S/c1-12-8-13(2)10-15(9-12)19-23-24-20(27-19)28-11-18(26)22-17-6-4-16(5-7-17)21-14(3)25/h4-10H,11H2,1-3H3,(H,21,25)(H,22,26). The summed E-state index contributed by atoms with van der Waals surface area (Å²) in [6.07, 6.45) is 0. The number of aromatic nitrogens is 2. The Morgan fingerprint density at radius 1 is 0.964 bits per heavy atom. The molecule has 3 rings (SSSR count). The van der Waals surface area contributed by atoms with E-state index < -0.39 is 0 Å². The molecule has 1 heterocycles. The van der Waals surface area contributed by atoms with Crippen molar-refractivity contribution in [1.29, 1.82) is 0 Å². The van der Waals surface area contributed by atoms with Crippen LogP contribution >= 0.6 is 11.8 Å². The minimum Gasteiger partial charge on any atom is -0.411 e. The summed E-state index contributed by atoms with van der Waals surface area (Å²) >= 11 is 1.17. The number of amides is 2. The van der Waals surface area contributed by atoms with Gasteiger partial charge in [-0.1, -0.05) is 29.0 Å². The number of thioether (sulfide) groups is 1. The lowest BCUT2D eigenvalue weighted by Gasteiger charge is -2.06. The second-order valence-electron chi connectivity index (χ2n) is 6.34. The van der Waals surface area contributed by atoms with Crippen molar-refractivity contribution in [1.82, 2.24) is 10.2 Å². The fourth-order valence-electron chi connectivity index (χ4n) is 2.65. The molecule has 0 fully saturated rings. The molecule has 0 saturated heterocycles. The van der Waals surface area contributed by atoms with Crippen LogP contribution in [-0.4, -0.2) is 27.8 Å². The van der Waals surface area contributed by atoms with E-state index in [2.05, 4.69) is 26.9 Å². The number of aryl methyl sites for hydroxylation is 2. The molecule has 0 bridgehead atoms. The quantitative estimate of drug-likeness (QED) is 0.610. The number of benzene rings is 2. The minimum absolute atomic E-state index is 0.141. The van der Waals surface area contributed by atoms with Crippen molar-refractivity contribution in [2.75, 3.05) is 16.4 Å². The molecule has 2 N–H and O–H groups in total. The van der Waals surface area contributed by atoms with Gasteiger partial charge < -0.3 is 15.1 Å². The molecule has 3 aromatic rings. The maximum Gasteiger partial charge on any atom is 0.277 e. The van der Waals surface area contributed by atoms with E-state index in [4.69, 9.17) is 4.42 Å². The Kier molecular flexibility index (Phi) is 6.10. The van der Waals surface area contributed by atoms with Crippen LogP contribution in [0.3, 0.4) is 0 Å². The largest absolute Gasteiger partial charge is 0.411 e. The van der Waals surface area contributed by atoms with E-state index in [1.807, 2.05) is 26.0 Å². The zero-order chi connectivity index (χ0) is 20.1. The van der Waals surface area contributed by atoms with Crippen LogP contribution in [0.15, 0.2) is 52.1 Å². The highest BCUT2D eigenvalue weighted by Gasteiger charge is 2.12. The molecular weight excluding hydrogens is 376 g/mol. The molecule has 0 spiro atoms. The molecule has 1 aromatic heterocycles. The third-order valence-corrected chi connectivity index (χ3v) is 4.51. The molecular formula is C20H20N4O3S. The van der Waals surface area contributed by atoms with Crippen LogP contribution in [0.1, 0.15) is 18.1 Å². The predicted molar refractivity (Wildman–Crippen MR) is 109 cm³/mol. The van der Waals surface area contributed by atoms with Gasteiger partial charge in [-0.25, -0.2) is 0 Å². The maximum absolute atomic E-state index is 12.1. The Morgan fingerprint density at radius 2 is 1.57 bits per heavy atom. The Hall–Kier alpha value is -3.13. The number of nitrogens with one attached hydrogen (secondary N) is 2. The van der Waals surface area contributed by atoms with Gasteiger partial charge in [-0.05, 0) is 50.2 Å². The number of carbonyl (C=O) groups excluding carboxylic acids is 2. The van der Waals surface area contributed by atoms with Crippen molar-refractivity contribution >= 4 is 35.0 Å². The lowest BCUT2D eigenvalue weighted by molar-refractivity contribution is -0.114. The molecule has 0 unspecified atom stereocenters. The average Bonchev–Trinajstić information content (AvgIpc) is 3.09. The van der Waals surface area contributed by atoms with Gasteiger partial charge in [-0.2, -0.15) is 0 Å². The molecule has 0 aliphatic carbocycles. The fraction of sp³-hybridized carbons (Fsp3) is 0.200. The van der Waals surface area contributed by atoms with Gasteiger partial charge in [0.25, 0.3) is 5.22 Å². The normalized spacial score (nSPS) is 10.5. The summed E-state index contributed by atoms with van der Waals surface area (Å²) < 4.78 is 5.65. The predicted octanol–water partition coefficient (Wildman–Crippen LogP) is 4.04. The molecule has 0 aliphatic rings. The van der Waals surface area contributed by atoms with Crippen LogP contribution in [0.2, 0.25) is 0 Å². The third kappa shape index (κ3) is 5.43. The minimum atomic E-state index is -0.191. The number of hydrogen-bond donors (Lipinski definition) is 2. The van der Waals surface area contributed by atoms with Crippen LogP contribution in [-0.2, 0) is 9.59 Å². The second kappa shape index (κ2) is 8.71. The maximum atomic E-state index is 12.1. The molecule has 0 saturated carbocycles. The number of hydrogen-bond acceptors (Lipinski definition) is 6. The highest BCUT2D eigenvalue weighted by molar-refractivity contribution is 7.99. The van der Waals surface area contributed by atoms with E-state index in [-0.39, 0.29) is 17.6 Å². The van der Waals surface area contributed by atoms with Crippen LogP contribution in [0.5, 0.6) is 0 Å². The van der Waals surface area contributed by atoms with Gasteiger partial charge in [-0.3, -0.25) is 9.59 Å². The lowest BCUT2D eigenvalue weighted by atomic mass is 10.1. The van der Waals surface area contributed by atoms with Gasteiger partial charge in [0.1, 0.15) is 0 Å². The van der Waals surface area contributed by atoms with Crippen molar-refractivity contribution in [3.8, 4) is 11.5 Å². The number of carbonyl (C=O) groups is 2. The fourth-order valence-corrected chi connectivity index (χ4v) is 3.21. The van der Waals surface area contributed by atoms with Crippen LogP contribution < -0.4 is 10.6 Å². The summed E-state index contributed by atoms with van der Waals surface area (Å²) in [5.41, 5.74) is 4.41. The molecule has 0 aliphatic heterocycles. The Morgan fingerprint density at radius 3 is 2.18 bits per heavy atom. The molecule has 2 amide bonds. The lowest BCUT2D eigenvalue weighted by Crippen LogP contribution is -2.14. The van der Waals surface area contributed by atoms with Crippen molar-refractivity contribution < 1.29 is 14.0 Å². The smallest absolute Gasteiger partial charge is 0.277 e. The van der Waals surface area contributed by atoms with E-state index in [0.717, 1.165) is 16.7 Å². The second-order valence-corrected chi connectivity index (χ2v) is 7.27. The molecule has 8 heteroatoms. The van der Waals surface area contributed by atoms with E-state index >= 15 is 0 Å². The molecule has 0 atom stereocenters. The van der Waals surface area contributed by atoms with Gasteiger partial charge in [0.15, 0.2) is 0 Å². The Labute approximate surface area is 166 Å². The van der Waals surface area contributed by atoms with E-state index in [1.54, 1.807) is 24.3 Å². The van der Waals surface area contributed by atoms with Crippen molar-refractivity contribution in [3.05, 3.63) is 53.6 Å². The number of anilines is 2. The zero-order valence-corrected chi connectivity index (χ0v) is 16.6. The van der Waals surface area contributed by atoms with E-state index in [1.165, 1.54) is 18.7 Å². The first kappa shape index (κ1) is 19.6. The molecule has 28 heavy (non-hydrogen) atoms. The van der Waals surface area contributed by atoms with Crippen molar-refractivity contribution in [2.45, 2.75) is 26.0 Å². The Bertz CT molecular complexity index is 979. The third-order valence-electron chi connectivity index (χ3n) is 3.69. The first-order valence-corrected chi connectivity index (χ1v) is 9.60. The average molecular weight is 396 g/mol. The summed E-state index contributed by atoms with van der Waals surface area (Å²) in [4.78, 5) is 23.1. The summed E-state index contributed by atoms with van der Waals surface area (Å²) in [7, 11) is 0. The van der Waals surface area contributed by atoms with Gasteiger partial charge in [-0.15, -0.1) is 10.2 Å². The Balaban J connectivity index is 1.55. The van der Waals surface area contributed by atoms with E-state index in [0.29, 0.717) is 22.5 Å². The van der Waals surface area contributed by atoms with Gasteiger partial charge in [0.05, 0.1) is 5.75 Å². The summed E-state index contributed by atoms with van der Waals surface area (Å²) in [6, 6.07) is 12.9. The van der Waals surface area contributed by atoms with Crippen molar-refractivity contribution in [2.24, 2.45) is 0 Å². The SMILES string of the molecule is CC(=O)Nc1ccc(NC(=O)CSc2nnc(-c3cc(C)cc(C)c3)o2)cc1. The highest BCUT2D eigenvalue weighted by Crippen LogP contribution is 2.25. The van der Waals surface area contributed by atoms with Gasteiger partial charge >= 0.3 is 0 Å². The molecule has 144 valence electrons. The summed E-state index contributed by atoms with van der Waals surface area (Å²) in [5, 5.41) is 13.8. The van der Waals surface area contributed by atoms with Crippen LogP contribution in [0.25, 0.3) is 11.5 Å². The zero-order valence-electron chi connectivity index (χ0n) is 15.8. The highest BCUT2D eigenvalue weighted by atomic mass is 32.2. The molecule has 2 aromatic carbocycles. The summed E-state index contributed by atoms with van der Waals surface area (Å²) in [6.45, 7) is 5.46. The number of rotatable bonds is 6. The topological polar surface area (TPSA) is 97.1 Å². The van der Waals surface area contributed by atoms with Gasteiger partial charge in [0.2, 0.25) is 17.7 Å². The van der Waals surface area contributed by atoms with Crippen molar-refractivity contribution in [3.63, 3.8) is 0 Å². The van der Waals surface area contributed by atoms with Crippen LogP contribution in [0, 0.1) is 13.8 Å². The first-order chi connectivity index (χ1) is 13.4. The molecule has 7 nitrogen and oxygen atoms in total. The first-order valence-electron chi connectivity index (χ1n) is 8.61. The monoisotopic (exact) mass is 396 g/mol. The molecule has 0 radical (unpaired) electrons. The number of nitrogens with zero attached hydrogens (tertiary/aromatic N) is 2.